The topological polar surface area (TPSA) is 29.3 Å². The van der Waals surface area contributed by atoms with Crippen LogP contribution in [0.25, 0.3) is 0 Å². The number of hydrogen-bond donors (Lipinski definition) is 1. The first-order valence-electron chi connectivity index (χ1n) is 7.53. The standard InChI is InChI=1S/C16H23FN2/c17-14-7-6-13-8-9-19(16(13)10-14)11-15(18)12-4-2-1-3-5-12/h6-7,10,12,15H,1-5,8-9,11,18H2. The summed E-state index contributed by atoms with van der Waals surface area (Å²) in [5.74, 6) is 0.517. The Labute approximate surface area is 114 Å². The van der Waals surface area contributed by atoms with Crippen molar-refractivity contribution >= 4 is 5.69 Å². The molecule has 0 spiro atoms. The molecule has 1 aliphatic heterocycles. The first-order valence-corrected chi connectivity index (χ1v) is 7.53. The highest BCUT2D eigenvalue weighted by molar-refractivity contribution is 5.58. The molecule has 1 unspecified atom stereocenters. The van der Waals surface area contributed by atoms with Gasteiger partial charge in [-0.1, -0.05) is 25.3 Å². The zero-order valence-corrected chi connectivity index (χ0v) is 11.4. The van der Waals surface area contributed by atoms with Gasteiger partial charge in [0.1, 0.15) is 5.82 Å². The molecular formula is C16H23FN2. The van der Waals surface area contributed by atoms with Gasteiger partial charge in [-0.3, -0.25) is 0 Å². The third kappa shape index (κ3) is 2.76. The van der Waals surface area contributed by atoms with Crippen molar-refractivity contribution in [3.8, 4) is 0 Å². The fraction of sp³-hybridized carbons (Fsp3) is 0.625. The lowest BCUT2D eigenvalue weighted by Gasteiger charge is -2.31. The van der Waals surface area contributed by atoms with E-state index in [1.54, 1.807) is 12.1 Å². The van der Waals surface area contributed by atoms with E-state index >= 15 is 0 Å². The molecule has 1 aromatic carbocycles. The van der Waals surface area contributed by atoms with E-state index in [0.29, 0.717) is 5.92 Å². The minimum Gasteiger partial charge on any atom is -0.369 e. The number of nitrogens with two attached hydrogens (primary N) is 1. The van der Waals surface area contributed by atoms with E-state index in [0.717, 1.165) is 25.2 Å². The molecule has 1 saturated carbocycles. The largest absolute Gasteiger partial charge is 0.369 e. The summed E-state index contributed by atoms with van der Waals surface area (Å²) in [5, 5.41) is 0. The summed E-state index contributed by atoms with van der Waals surface area (Å²) in [6.07, 6.45) is 7.57. The Morgan fingerprint density at radius 3 is 2.84 bits per heavy atom. The minimum atomic E-state index is -0.142. The second-order valence-electron chi connectivity index (χ2n) is 6.03. The molecule has 2 nitrogen and oxygen atoms in total. The molecule has 0 aromatic heterocycles. The number of halogens is 1. The molecule has 3 rings (SSSR count). The van der Waals surface area contributed by atoms with Crippen molar-refractivity contribution in [3.05, 3.63) is 29.6 Å². The first-order chi connectivity index (χ1) is 9.24. The molecule has 1 aliphatic carbocycles. The summed E-state index contributed by atoms with van der Waals surface area (Å²) in [5.41, 5.74) is 8.71. The van der Waals surface area contributed by atoms with Crippen molar-refractivity contribution in [1.82, 2.24) is 0 Å². The minimum absolute atomic E-state index is 0.142. The number of anilines is 1. The highest BCUT2D eigenvalue weighted by atomic mass is 19.1. The van der Waals surface area contributed by atoms with Gasteiger partial charge in [-0.15, -0.1) is 0 Å². The molecular weight excluding hydrogens is 239 g/mol. The summed E-state index contributed by atoms with van der Waals surface area (Å²) in [7, 11) is 0. The Bertz CT molecular complexity index is 440. The van der Waals surface area contributed by atoms with Gasteiger partial charge in [0.2, 0.25) is 0 Å². The summed E-state index contributed by atoms with van der Waals surface area (Å²) in [6.45, 7) is 1.86. The van der Waals surface area contributed by atoms with E-state index in [1.807, 2.05) is 6.07 Å². The van der Waals surface area contributed by atoms with Crippen LogP contribution >= 0.6 is 0 Å². The van der Waals surface area contributed by atoms with Crippen LogP contribution in [-0.4, -0.2) is 19.1 Å². The summed E-state index contributed by atoms with van der Waals surface area (Å²) >= 11 is 0. The fourth-order valence-corrected chi connectivity index (χ4v) is 3.57. The normalized spacial score (nSPS) is 21.5. The van der Waals surface area contributed by atoms with Gasteiger partial charge in [0.05, 0.1) is 0 Å². The lowest BCUT2D eigenvalue weighted by Crippen LogP contribution is -2.42. The van der Waals surface area contributed by atoms with Crippen molar-refractivity contribution in [1.29, 1.82) is 0 Å². The van der Waals surface area contributed by atoms with Gasteiger partial charge < -0.3 is 10.6 Å². The summed E-state index contributed by atoms with van der Waals surface area (Å²) in [4.78, 5) is 2.28. The van der Waals surface area contributed by atoms with Crippen LogP contribution in [-0.2, 0) is 6.42 Å². The highest BCUT2D eigenvalue weighted by Gasteiger charge is 2.26. The summed E-state index contributed by atoms with van der Waals surface area (Å²) in [6, 6.07) is 5.37. The van der Waals surface area contributed by atoms with E-state index in [1.165, 1.54) is 37.7 Å². The van der Waals surface area contributed by atoms with Crippen LogP contribution in [0.5, 0.6) is 0 Å². The van der Waals surface area contributed by atoms with Gasteiger partial charge in [-0.05, 0) is 42.9 Å². The molecule has 0 radical (unpaired) electrons. The van der Waals surface area contributed by atoms with Crippen molar-refractivity contribution in [2.75, 3.05) is 18.0 Å². The third-order valence-electron chi connectivity index (χ3n) is 4.73. The van der Waals surface area contributed by atoms with Crippen LogP contribution in [0.3, 0.4) is 0 Å². The smallest absolute Gasteiger partial charge is 0.125 e. The van der Waals surface area contributed by atoms with Gasteiger partial charge in [-0.2, -0.15) is 0 Å². The van der Waals surface area contributed by atoms with E-state index in [4.69, 9.17) is 5.73 Å². The predicted molar refractivity (Wildman–Crippen MR) is 76.9 cm³/mol. The molecule has 3 heteroatoms. The number of hydrogen-bond acceptors (Lipinski definition) is 2. The Morgan fingerprint density at radius 2 is 2.05 bits per heavy atom. The van der Waals surface area contributed by atoms with Crippen LogP contribution in [0.1, 0.15) is 37.7 Å². The Kier molecular flexibility index (Phi) is 3.74. The van der Waals surface area contributed by atoms with Crippen molar-refractivity contribution in [2.45, 2.75) is 44.6 Å². The van der Waals surface area contributed by atoms with E-state index < -0.39 is 0 Å². The first kappa shape index (κ1) is 12.9. The number of benzene rings is 1. The van der Waals surface area contributed by atoms with Crippen molar-refractivity contribution < 1.29 is 4.39 Å². The van der Waals surface area contributed by atoms with Gasteiger partial charge in [0.15, 0.2) is 0 Å². The number of rotatable bonds is 3. The van der Waals surface area contributed by atoms with Gasteiger partial charge in [0.25, 0.3) is 0 Å². The van der Waals surface area contributed by atoms with Gasteiger partial charge in [0, 0.05) is 24.8 Å². The van der Waals surface area contributed by atoms with Crippen LogP contribution < -0.4 is 10.6 Å². The van der Waals surface area contributed by atoms with Crippen LogP contribution in [0, 0.1) is 11.7 Å². The molecule has 0 saturated heterocycles. The quantitative estimate of drug-likeness (QED) is 0.907. The maximum Gasteiger partial charge on any atom is 0.125 e. The van der Waals surface area contributed by atoms with Crippen molar-refractivity contribution in [2.24, 2.45) is 11.7 Å². The number of nitrogens with zero attached hydrogens (tertiary/aromatic N) is 1. The Morgan fingerprint density at radius 1 is 1.26 bits per heavy atom. The Hall–Kier alpha value is -1.09. The molecule has 19 heavy (non-hydrogen) atoms. The van der Waals surface area contributed by atoms with Crippen LogP contribution in [0.2, 0.25) is 0 Å². The summed E-state index contributed by atoms with van der Waals surface area (Å²) < 4.78 is 13.4. The van der Waals surface area contributed by atoms with E-state index in [2.05, 4.69) is 4.90 Å². The molecule has 1 heterocycles. The van der Waals surface area contributed by atoms with Gasteiger partial charge in [-0.25, -0.2) is 4.39 Å². The molecule has 2 N–H and O–H groups in total. The molecule has 0 amide bonds. The predicted octanol–water partition coefficient (Wildman–Crippen LogP) is 3.10. The molecule has 1 fully saturated rings. The molecule has 104 valence electrons. The average Bonchev–Trinajstić information content (AvgIpc) is 2.82. The zero-order valence-electron chi connectivity index (χ0n) is 11.4. The molecule has 1 atom stereocenters. The average molecular weight is 262 g/mol. The maximum absolute atomic E-state index is 13.4. The zero-order chi connectivity index (χ0) is 13.2. The van der Waals surface area contributed by atoms with E-state index in [9.17, 15) is 4.39 Å². The second kappa shape index (κ2) is 5.49. The molecule has 2 aliphatic rings. The van der Waals surface area contributed by atoms with E-state index in [-0.39, 0.29) is 11.9 Å². The third-order valence-corrected chi connectivity index (χ3v) is 4.73. The van der Waals surface area contributed by atoms with Crippen LogP contribution in [0.4, 0.5) is 10.1 Å². The molecule has 1 aromatic rings. The monoisotopic (exact) mass is 262 g/mol. The van der Waals surface area contributed by atoms with Crippen LogP contribution in [0.15, 0.2) is 18.2 Å². The fourth-order valence-electron chi connectivity index (χ4n) is 3.57. The second-order valence-corrected chi connectivity index (χ2v) is 6.03. The maximum atomic E-state index is 13.4. The lowest BCUT2D eigenvalue weighted by atomic mass is 9.84. The SMILES string of the molecule is NC(CN1CCc2ccc(F)cc21)C1CCCCC1. The lowest BCUT2D eigenvalue weighted by molar-refractivity contribution is 0.305. The number of fused-ring (bicyclic) bond motifs is 1. The van der Waals surface area contributed by atoms with Crippen molar-refractivity contribution in [3.63, 3.8) is 0 Å². The molecule has 0 bridgehead atoms. The highest BCUT2D eigenvalue weighted by Crippen LogP contribution is 2.31. The Balaban J connectivity index is 1.66. The van der Waals surface area contributed by atoms with Gasteiger partial charge >= 0.3 is 0 Å².